The van der Waals surface area contributed by atoms with Gasteiger partial charge in [0.05, 0.1) is 7.11 Å². The molecule has 22 heavy (non-hydrogen) atoms. The van der Waals surface area contributed by atoms with E-state index in [0.717, 1.165) is 16.0 Å². The molecule has 0 aliphatic rings. The second kappa shape index (κ2) is 5.69. The Morgan fingerprint density at radius 2 is 1.77 bits per heavy atom. The van der Waals surface area contributed by atoms with E-state index in [-0.39, 0.29) is 11.9 Å². The van der Waals surface area contributed by atoms with Crippen molar-refractivity contribution >= 4 is 11.9 Å². The quantitative estimate of drug-likeness (QED) is 0.801. The monoisotopic (exact) mass is 294 g/mol. The number of aromatic nitrogens is 3. The Hall–Kier alpha value is -3.15. The normalized spacial score (nSPS) is 10.4. The van der Waals surface area contributed by atoms with E-state index in [0.29, 0.717) is 11.4 Å². The number of nitrogens with two attached hydrogens (primary N) is 1. The van der Waals surface area contributed by atoms with E-state index >= 15 is 0 Å². The lowest BCUT2D eigenvalue weighted by Crippen LogP contribution is -2.16. The molecule has 0 aliphatic heterocycles. The van der Waals surface area contributed by atoms with Gasteiger partial charge >= 0.3 is 0 Å². The van der Waals surface area contributed by atoms with Crippen molar-refractivity contribution in [2.45, 2.75) is 0 Å². The molecule has 110 valence electrons. The van der Waals surface area contributed by atoms with E-state index in [4.69, 9.17) is 10.5 Å². The maximum Gasteiger partial charge on any atom is 0.281 e. The number of nitrogen functional groups attached to an aromatic ring is 1. The van der Waals surface area contributed by atoms with E-state index in [2.05, 4.69) is 10.1 Å². The molecule has 0 atom stereocenters. The van der Waals surface area contributed by atoms with Crippen LogP contribution in [0, 0.1) is 0 Å². The minimum absolute atomic E-state index is 0.0553. The summed E-state index contributed by atoms with van der Waals surface area (Å²) in [6, 6.07) is 16.0. The van der Waals surface area contributed by atoms with Crippen LogP contribution in [0.2, 0.25) is 0 Å². The average molecular weight is 294 g/mol. The minimum atomic E-state index is -0.314. The van der Waals surface area contributed by atoms with Gasteiger partial charge in [0.1, 0.15) is 5.75 Å². The van der Waals surface area contributed by atoms with Gasteiger partial charge < -0.3 is 10.5 Å². The molecule has 6 nitrogen and oxygen atoms in total. The Labute approximate surface area is 127 Å². The molecule has 0 radical (unpaired) electrons. The Kier molecular flexibility index (Phi) is 3.57. The first-order valence-corrected chi connectivity index (χ1v) is 6.66. The summed E-state index contributed by atoms with van der Waals surface area (Å²) in [7, 11) is 1.60. The van der Waals surface area contributed by atoms with E-state index in [1.165, 1.54) is 0 Å². The fourth-order valence-electron chi connectivity index (χ4n) is 2.04. The summed E-state index contributed by atoms with van der Waals surface area (Å²) in [4.78, 5) is 16.5. The van der Waals surface area contributed by atoms with Gasteiger partial charge in [-0.1, -0.05) is 18.2 Å². The predicted octanol–water partition coefficient (Wildman–Crippen LogP) is 2.22. The fourth-order valence-corrected chi connectivity index (χ4v) is 2.04. The summed E-state index contributed by atoms with van der Waals surface area (Å²) in [5, 5.41) is 4.20. The van der Waals surface area contributed by atoms with E-state index in [1.54, 1.807) is 43.5 Å². The second-order valence-electron chi connectivity index (χ2n) is 4.61. The maximum atomic E-state index is 12.4. The van der Waals surface area contributed by atoms with Crippen LogP contribution in [-0.2, 0) is 0 Å². The molecule has 3 aromatic rings. The van der Waals surface area contributed by atoms with Gasteiger partial charge in [-0.3, -0.25) is 4.79 Å². The standard InChI is InChI=1S/C16H14N4O2/c1-22-13-9-7-11(8-10-13)14-18-16(17)20(19-14)15(21)12-5-3-2-4-6-12/h2-10H,1H3,(H2,17,18,19). The van der Waals surface area contributed by atoms with Crippen LogP contribution in [0.4, 0.5) is 5.95 Å². The summed E-state index contributed by atoms with van der Waals surface area (Å²) in [5.74, 6) is 0.867. The molecule has 0 spiro atoms. The van der Waals surface area contributed by atoms with Crippen molar-refractivity contribution in [3.05, 3.63) is 60.2 Å². The number of anilines is 1. The van der Waals surface area contributed by atoms with E-state index in [1.807, 2.05) is 18.2 Å². The largest absolute Gasteiger partial charge is 0.497 e. The third kappa shape index (κ3) is 2.54. The lowest BCUT2D eigenvalue weighted by atomic mass is 10.2. The molecule has 6 heteroatoms. The summed E-state index contributed by atoms with van der Waals surface area (Å²) in [6.07, 6.45) is 0. The Morgan fingerprint density at radius 1 is 1.09 bits per heavy atom. The third-order valence-corrected chi connectivity index (χ3v) is 3.19. The molecule has 2 aromatic carbocycles. The molecule has 0 unspecified atom stereocenters. The summed E-state index contributed by atoms with van der Waals surface area (Å²) < 4.78 is 6.21. The van der Waals surface area contributed by atoms with Crippen LogP contribution in [0.15, 0.2) is 54.6 Å². The zero-order valence-electron chi connectivity index (χ0n) is 11.9. The highest BCUT2D eigenvalue weighted by atomic mass is 16.5. The molecular formula is C16H14N4O2. The molecule has 0 saturated carbocycles. The van der Waals surface area contributed by atoms with Crippen molar-refractivity contribution in [2.75, 3.05) is 12.8 Å². The number of carbonyl (C=O) groups is 1. The van der Waals surface area contributed by atoms with Crippen molar-refractivity contribution < 1.29 is 9.53 Å². The van der Waals surface area contributed by atoms with Gasteiger partial charge in [-0.2, -0.15) is 9.67 Å². The maximum absolute atomic E-state index is 12.4. The molecule has 2 N–H and O–H groups in total. The smallest absolute Gasteiger partial charge is 0.281 e. The molecule has 1 heterocycles. The van der Waals surface area contributed by atoms with Crippen LogP contribution < -0.4 is 10.5 Å². The Morgan fingerprint density at radius 3 is 2.41 bits per heavy atom. The van der Waals surface area contributed by atoms with E-state index in [9.17, 15) is 4.79 Å². The van der Waals surface area contributed by atoms with Crippen molar-refractivity contribution in [3.63, 3.8) is 0 Å². The van der Waals surface area contributed by atoms with Crippen LogP contribution in [0.25, 0.3) is 11.4 Å². The van der Waals surface area contributed by atoms with Gasteiger partial charge in [0, 0.05) is 11.1 Å². The van der Waals surface area contributed by atoms with Crippen LogP contribution in [0.1, 0.15) is 10.4 Å². The fraction of sp³-hybridized carbons (Fsp3) is 0.0625. The first-order valence-electron chi connectivity index (χ1n) is 6.66. The highest BCUT2D eigenvalue weighted by molar-refractivity contribution is 5.96. The zero-order valence-corrected chi connectivity index (χ0v) is 11.9. The van der Waals surface area contributed by atoms with Crippen LogP contribution in [0.3, 0.4) is 0 Å². The van der Waals surface area contributed by atoms with Gasteiger partial charge in [-0.05, 0) is 36.4 Å². The number of rotatable bonds is 3. The summed E-state index contributed by atoms with van der Waals surface area (Å²) in [5.41, 5.74) is 7.07. The van der Waals surface area contributed by atoms with Gasteiger partial charge in [0.15, 0.2) is 5.82 Å². The number of methoxy groups -OCH3 is 1. The minimum Gasteiger partial charge on any atom is -0.497 e. The molecule has 1 aromatic heterocycles. The average Bonchev–Trinajstić information content (AvgIpc) is 2.97. The number of nitrogens with zero attached hydrogens (tertiary/aromatic N) is 3. The topological polar surface area (TPSA) is 83.0 Å². The number of hydrogen-bond acceptors (Lipinski definition) is 5. The second-order valence-corrected chi connectivity index (χ2v) is 4.61. The number of benzene rings is 2. The highest BCUT2D eigenvalue weighted by Crippen LogP contribution is 2.20. The number of ether oxygens (including phenoxy) is 1. The highest BCUT2D eigenvalue weighted by Gasteiger charge is 2.16. The van der Waals surface area contributed by atoms with Gasteiger partial charge in [-0.15, -0.1) is 5.10 Å². The zero-order chi connectivity index (χ0) is 15.5. The first kappa shape index (κ1) is 13.8. The molecule has 0 fully saturated rings. The molecule has 0 amide bonds. The number of hydrogen-bond donors (Lipinski definition) is 1. The SMILES string of the molecule is COc1ccc(-c2nc(N)n(C(=O)c3ccccc3)n2)cc1. The summed E-state index contributed by atoms with van der Waals surface area (Å²) >= 11 is 0. The summed E-state index contributed by atoms with van der Waals surface area (Å²) in [6.45, 7) is 0. The van der Waals surface area contributed by atoms with Crippen LogP contribution in [-0.4, -0.2) is 27.8 Å². The van der Waals surface area contributed by atoms with Crippen LogP contribution >= 0.6 is 0 Å². The Bertz CT molecular complexity index is 795. The van der Waals surface area contributed by atoms with E-state index < -0.39 is 0 Å². The molecule has 0 saturated heterocycles. The van der Waals surface area contributed by atoms with Gasteiger partial charge in [0.25, 0.3) is 5.91 Å². The van der Waals surface area contributed by atoms with Gasteiger partial charge in [-0.25, -0.2) is 0 Å². The van der Waals surface area contributed by atoms with Gasteiger partial charge in [0.2, 0.25) is 5.95 Å². The van der Waals surface area contributed by atoms with Crippen molar-refractivity contribution in [1.29, 1.82) is 0 Å². The van der Waals surface area contributed by atoms with Crippen molar-refractivity contribution in [3.8, 4) is 17.1 Å². The lowest BCUT2D eigenvalue weighted by molar-refractivity contribution is 0.0948. The third-order valence-electron chi connectivity index (χ3n) is 3.19. The first-order chi connectivity index (χ1) is 10.7. The molecule has 3 rings (SSSR count). The lowest BCUT2D eigenvalue weighted by Gasteiger charge is -2.01. The van der Waals surface area contributed by atoms with Crippen molar-refractivity contribution in [2.24, 2.45) is 0 Å². The molecule has 0 bridgehead atoms. The predicted molar refractivity (Wildman–Crippen MR) is 82.6 cm³/mol. The molecular weight excluding hydrogens is 280 g/mol. The van der Waals surface area contributed by atoms with Crippen LogP contribution in [0.5, 0.6) is 5.75 Å². The van der Waals surface area contributed by atoms with Crippen molar-refractivity contribution in [1.82, 2.24) is 14.8 Å². The Balaban J connectivity index is 1.95. The molecule has 0 aliphatic carbocycles. The number of carbonyl (C=O) groups excluding carboxylic acids is 1.